The molecule has 0 heterocycles. The van der Waals surface area contributed by atoms with Crippen LogP contribution in [-0.4, -0.2) is 23.3 Å². The molecule has 0 spiro atoms. The van der Waals surface area contributed by atoms with Crippen LogP contribution in [0.15, 0.2) is 41.6 Å². The van der Waals surface area contributed by atoms with Gasteiger partial charge in [-0.2, -0.15) is 0 Å². The van der Waals surface area contributed by atoms with Crippen LogP contribution in [0, 0.1) is 0 Å². The van der Waals surface area contributed by atoms with E-state index >= 15 is 0 Å². The first-order chi connectivity index (χ1) is 10.6. The zero-order valence-corrected chi connectivity index (χ0v) is 13.7. The van der Waals surface area contributed by atoms with Crippen LogP contribution in [0.3, 0.4) is 0 Å². The molecule has 0 unspecified atom stereocenters. The fourth-order valence-corrected chi connectivity index (χ4v) is 1.68. The number of ether oxygens (including phenoxy) is 2. The Morgan fingerprint density at radius 1 is 1.04 bits per heavy atom. The van der Waals surface area contributed by atoms with Crippen molar-refractivity contribution in [2.24, 2.45) is 5.73 Å². The summed E-state index contributed by atoms with van der Waals surface area (Å²) in [4.78, 5) is 35.6. The number of carbonyl (C=O) groups is 3. The Bertz CT molecular complexity index is 626. The molecule has 0 aliphatic carbocycles. The van der Waals surface area contributed by atoms with Gasteiger partial charge in [-0.05, 0) is 33.3 Å². The summed E-state index contributed by atoms with van der Waals surface area (Å²) >= 11 is 0. The number of esters is 2. The van der Waals surface area contributed by atoms with E-state index in [9.17, 15) is 14.4 Å². The average molecular weight is 319 g/mol. The lowest BCUT2D eigenvalue weighted by molar-refractivity contribution is -0.152. The third-order valence-electron chi connectivity index (χ3n) is 2.66. The smallest absolute Gasteiger partial charge is 0.355 e. The van der Waals surface area contributed by atoms with E-state index in [1.165, 1.54) is 0 Å². The van der Waals surface area contributed by atoms with Gasteiger partial charge in [-0.1, -0.05) is 30.3 Å². The minimum Gasteiger partial charge on any atom is -0.456 e. The SMILES string of the molecule is CC(=O)C(C(=O)OC(C)(C)C)=C(N)C(=O)OCc1ccccc1. The molecular formula is C17H21NO5. The topological polar surface area (TPSA) is 95.7 Å². The van der Waals surface area contributed by atoms with Gasteiger partial charge >= 0.3 is 11.9 Å². The van der Waals surface area contributed by atoms with Gasteiger partial charge in [0.15, 0.2) is 5.78 Å². The van der Waals surface area contributed by atoms with Gasteiger partial charge < -0.3 is 15.2 Å². The Balaban J connectivity index is 2.90. The number of carbonyl (C=O) groups excluding carboxylic acids is 3. The number of hydrogen-bond acceptors (Lipinski definition) is 6. The Kier molecular flexibility index (Phi) is 6.07. The molecule has 1 aromatic rings. The normalized spacial score (nSPS) is 12.2. The van der Waals surface area contributed by atoms with Gasteiger partial charge in [-0.3, -0.25) is 4.79 Å². The molecule has 0 aliphatic rings. The highest BCUT2D eigenvalue weighted by molar-refractivity contribution is 6.20. The fraction of sp³-hybridized carbons (Fsp3) is 0.353. The summed E-state index contributed by atoms with van der Waals surface area (Å²) in [7, 11) is 0. The van der Waals surface area contributed by atoms with E-state index < -0.39 is 34.6 Å². The quantitative estimate of drug-likeness (QED) is 0.385. The van der Waals surface area contributed by atoms with Gasteiger partial charge in [0.2, 0.25) is 0 Å². The molecule has 0 saturated heterocycles. The zero-order valence-electron chi connectivity index (χ0n) is 13.7. The molecule has 124 valence electrons. The van der Waals surface area contributed by atoms with Crippen LogP contribution in [0.25, 0.3) is 0 Å². The minimum atomic E-state index is -0.945. The second kappa shape index (κ2) is 7.58. The summed E-state index contributed by atoms with van der Waals surface area (Å²) in [6.07, 6.45) is 0. The first kappa shape index (κ1) is 18.4. The summed E-state index contributed by atoms with van der Waals surface area (Å²) in [6, 6.07) is 8.96. The molecule has 0 bridgehead atoms. The van der Waals surface area contributed by atoms with Crippen molar-refractivity contribution in [3.8, 4) is 0 Å². The average Bonchev–Trinajstić information content (AvgIpc) is 2.43. The van der Waals surface area contributed by atoms with Crippen LogP contribution in [0.1, 0.15) is 33.3 Å². The third kappa shape index (κ3) is 5.94. The molecule has 1 aromatic carbocycles. The van der Waals surface area contributed by atoms with Gasteiger partial charge in [-0.15, -0.1) is 0 Å². The predicted molar refractivity (Wildman–Crippen MR) is 84.0 cm³/mol. The number of Topliss-reactive ketones (excluding diaryl/α,β-unsaturated/α-hetero) is 1. The highest BCUT2D eigenvalue weighted by atomic mass is 16.6. The van der Waals surface area contributed by atoms with Crippen molar-refractivity contribution in [1.82, 2.24) is 0 Å². The lowest BCUT2D eigenvalue weighted by Crippen LogP contribution is -2.30. The predicted octanol–water partition coefficient (Wildman–Crippen LogP) is 1.87. The summed E-state index contributed by atoms with van der Waals surface area (Å²) in [6.45, 7) is 6.06. The van der Waals surface area contributed by atoms with Crippen LogP contribution in [0.4, 0.5) is 0 Å². The van der Waals surface area contributed by atoms with Crippen molar-refractivity contribution in [3.05, 3.63) is 47.2 Å². The van der Waals surface area contributed by atoms with E-state index in [-0.39, 0.29) is 6.61 Å². The largest absolute Gasteiger partial charge is 0.456 e. The number of rotatable bonds is 5. The maximum absolute atomic E-state index is 12.0. The van der Waals surface area contributed by atoms with E-state index in [2.05, 4.69) is 0 Å². The van der Waals surface area contributed by atoms with Gasteiger partial charge in [0.05, 0.1) is 0 Å². The Labute approximate surface area is 135 Å². The van der Waals surface area contributed by atoms with Crippen molar-refractivity contribution >= 4 is 17.7 Å². The van der Waals surface area contributed by atoms with Crippen molar-refractivity contribution in [3.63, 3.8) is 0 Å². The second-order valence-electron chi connectivity index (χ2n) is 5.91. The van der Waals surface area contributed by atoms with Crippen LogP contribution in [0.2, 0.25) is 0 Å². The Morgan fingerprint density at radius 3 is 2.09 bits per heavy atom. The molecule has 0 fully saturated rings. The van der Waals surface area contributed by atoms with E-state index in [0.29, 0.717) is 0 Å². The lowest BCUT2D eigenvalue weighted by atomic mass is 10.1. The van der Waals surface area contributed by atoms with Gasteiger partial charge in [0.25, 0.3) is 0 Å². The molecule has 0 aliphatic heterocycles. The van der Waals surface area contributed by atoms with Gasteiger partial charge in [-0.25, -0.2) is 9.59 Å². The third-order valence-corrected chi connectivity index (χ3v) is 2.66. The monoisotopic (exact) mass is 319 g/mol. The highest BCUT2D eigenvalue weighted by Crippen LogP contribution is 2.14. The Morgan fingerprint density at radius 2 is 1.61 bits per heavy atom. The lowest BCUT2D eigenvalue weighted by Gasteiger charge is -2.20. The summed E-state index contributed by atoms with van der Waals surface area (Å²) in [5.74, 6) is -2.54. The maximum atomic E-state index is 12.0. The van der Waals surface area contributed by atoms with E-state index in [4.69, 9.17) is 15.2 Å². The minimum absolute atomic E-state index is 0.0140. The maximum Gasteiger partial charge on any atom is 0.355 e. The zero-order chi connectivity index (χ0) is 17.6. The first-order valence-corrected chi connectivity index (χ1v) is 7.07. The van der Waals surface area contributed by atoms with Crippen molar-refractivity contribution in [2.45, 2.75) is 39.9 Å². The van der Waals surface area contributed by atoms with Crippen molar-refractivity contribution < 1.29 is 23.9 Å². The van der Waals surface area contributed by atoms with Crippen LogP contribution in [-0.2, 0) is 30.5 Å². The molecule has 0 saturated carbocycles. The molecule has 0 radical (unpaired) electrons. The van der Waals surface area contributed by atoms with Crippen LogP contribution in [0.5, 0.6) is 0 Å². The number of nitrogens with two attached hydrogens (primary N) is 1. The van der Waals surface area contributed by atoms with Crippen LogP contribution < -0.4 is 5.73 Å². The molecule has 0 aromatic heterocycles. The molecule has 0 amide bonds. The first-order valence-electron chi connectivity index (χ1n) is 7.07. The van der Waals surface area contributed by atoms with E-state index in [1.807, 2.05) is 6.07 Å². The molecule has 23 heavy (non-hydrogen) atoms. The Hall–Kier alpha value is -2.63. The fourth-order valence-electron chi connectivity index (χ4n) is 1.68. The molecule has 1 rings (SSSR count). The van der Waals surface area contributed by atoms with E-state index in [1.54, 1.807) is 45.0 Å². The van der Waals surface area contributed by atoms with Crippen LogP contribution >= 0.6 is 0 Å². The second-order valence-corrected chi connectivity index (χ2v) is 5.91. The van der Waals surface area contributed by atoms with Crippen molar-refractivity contribution in [2.75, 3.05) is 0 Å². The highest BCUT2D eigenvalue weighted by Gasteiger charge is 2.28. The van der Waals surface area contributed by atoms with Crippen molar-refractivity contribution in [1.29, 1.82) is 0 Å². The summed E-state index contributed by atoms with van der Waals surface area (Å²) < 4.78 is 10.1. The molecule has 0 atom stereocenters. The number of ketones is 1. The molecule has 2 N–H and O–H groups in total. The van der Waals surface area contributed by atoms with E-state index in [0.717, 1.165) is 12.5 Å². The van der Waals surface area contributed by atoms with Gasteiger partial charge in [0, 0.05) is 0 Å². The standard InChI is InChI=1S/C17H21NO5/c1-11(19)13(15(20)23-17(2,3)4)14(18)16(21)22-10-12-8-6-5-7-9-12/h5-9H,10,18H2,1-4H3. The van der Waals surface area contributed by atoms with Gasteiger partial charge in [0.1, 0.15) is 23.5 Å². The summed E-state index contributed by atoms with van der Waals surface area (Å²) in [5.41, 5.74) is 4.52. The number of hydrogen-bond donors (Lipinski definition) is 1. The summed E-state index contributed by atoms with van der Waals surface area (Å²) in [5, 5.41) is 0. The number of benzene rings is 1. The molecule has 6 nitrogen and oxygen atoms in total. The molecule has 6 heteroatoms. The molecular weight excluding hydrogens is 298 g/mol.